The lowest BCUT2D eigenvalue weighted by atomic mass is 10.0. The summed E-state index contributed by atoms with van der Waals surface area (Å²) < 4.78 is 44.2. The molecule has 0 saturated carbocycles. The first-order chi connectivity index (χ1) is 19.9. The molecule has 4 atom stereocenters. The SMILES string of the molecule is COc1ccc(CN(C)C[C@@H]2OCCCC[C@@H](C)Oc3ccc(NS(C)(=O)=O)cc3C(=O)N([C@@H](C)CO)C[C@H]2C)cc1. The standard InChI is InChI=1S/C31H47N3O7S/c1-22-18-34(23(2)21-35)31(36)28-17-26(32-42(6,37)38)12-15-29(28)41-24(3)9-7-8-16-40-30(22)20-33(4)19-25-10-13-27(39-5)14-11-25/h10-15,17,22-24,30,32,35H,7-9,16,18-21H2,1-6H3/t22-,23+,24-,30+/m1/s1. The van der Waals surface area contributed by atoms with Gasteiger partial charge >= 0.3 is 0 Å². The van der Waals surface area contributed by atoms with E-state index in [4.69, 9.17) is 14.2 Å². The molecule has 1 aliphatic rings. The highest BCUT2D eigenvalue weighted by Gasteiger charge is 2.30. The van der Waals surface area contributed by atoms with Crippen LogP contribution < -0.4 is 14.2 Å². The van der Waals surface area contributed by atoms with E-state index in [1.807, 2.05) is 31.2 Å². The van der Waals surface area contributed by atoms with E-state index >= 15 is 0 Å². The van der Waals surface area contributed by atoms with Crippen molar-refractivity contribution in [3.63, 3.8) is 0 Å². The third-order valence-electron chi connectivity index (χ3n) is 7.46. The van der Waals surface area contributed by atoms with Crippen molar-refractivity contribution in [1.82, 2.24) is 9.80 Å². The highest BCUT2D eigenvalue weighted by molar-refractivity contribution is 7.92. The number of hydrogen-bond donors (Lipinski definition) is 2. The Labute approximate surface area is 251 Å². The number of nitrogens with zero attached hydrogens (tertiary/aromatic N) is 2. The van der Waals surface area contributed by atoms with Gasteiger partial charge in [0.05, 0.1) is 43.8 Å². The van der Waals surface area contributed by atoms with Gasteiger partial charge in [0.1, 0.15) is 11.5 Å². The van der Waals surface area contributed by atoms with Gasteiger partial charge in [0.25, 0.3) is 5.91 Å². The van der Waals surface area contributed by atoms with Crippen LogP contribution in [0.2, 0.25) is 0 Å². The number of nitrogens with one attached hydrogen (secondary N) is 1. The lowest BCUT2D eigenvalue weighted by Crippen LogP contribution is -2.47. The maximum Gasteiger partial charge on any atom is 0.258 e. The molecule has 0 unspecified atom stereocenters. The summed E-state index contributed by atoms with van der Waals surface area (Å²) >= 11 is 0. The lowest BCUT2D eigenvalue weighted by molar-refractivity contribution is -0.0177. The number of benzene rings is 2. The maximum absolute atomic E-state index is 14.1. The minimum absolute atomic E-state index is 0.0650. The summed E-state index contributed by atoms with van der Waals surface area (Å²) in [7, 11) is 0.149. The number of anilines is 1. The van der Waals surface area contributed by atoms with Crippen molar-refractivity contribution in [2.24, 2.45) is 5.92 Å². The van der Waals surface area contributed by atoms with Gasteiger partial charge in [0.15, 0.2) is 0 Å². The molecule has 1 heterocycles. The van der Waals surface area contributed by atoms with Crippen molar-refractivity contribution in [2.45, 2.75) is 64.8 Å². The van der Waals surface area contributed by atoms with E-state index in [9.17, 15) is 18.3 Å². The van der Waals surface area contributed by atoms with Crippen molar-refractivity contribution in [3.8, 4) is 11.5 Å². The Hall–Kier alpha value is -2.86. The zero-order chi connectivity index (χ0) is 30.9. The number of carbonyl (C=O) groups excluding carboxylic acids is 1. The molecule has 0 aromatic heterocycles. The number of aliphatic hydroxyl groups is 1. The fraction of sp³-hybridized carbons (Fsp3) is 0.581. The van der Waals surface area contributed by atoms with E-state index in [1.54, 1.807) is 31.1 Å². The van der Waals surface area contributed by atoms with Crippen LogP contribution in [0.3, 0.4) is 0 Å². The van der Waals surface area contributed by atoms with Crippen LogP contribution in [0.1, 0.15) is 56.0 Å². The first-order valence-electron chi connectivity index (χ1n) is 14.5. The van der Waals surface area contributed by atoms with Crippen molar-refractivity contribution >= 4 is 21.6 Å². The minimum Gasteiger partial charge on any atom is -0.497 e. The van der Waals surface area contributed by atoms with Crippen LogP contribution in [0.15, 0.2) is 42.5 Å². The van der Waals surface area contributed by atoms with Crippen molar-refractivity contribution < 1.29 is 32.5 Å². The second-order valence-electron chi connectivity index (χ2n) is 11.4. The highest BCUT2D eigenvalue weighted by Crippen LogP contribution is 2.29. The van der Waals surface area contributed by atoms with Crippen molar-refractivity contribution in [2.75, 3.05) is 51.4 Å². The van der Waals surface area contributed by atoms with Crippen LogP contribution in [-0.4, -0.2) is 94.2 Å². The molecule has 10 nitrogen and oxygen atoms in total. The average Bonchev–Trinajstić information content (AvgIpc) is 2.94. The zero-order valence-electron chi connectivity index (χ0n) is 25.7. The Morgan fingerprint density at radius 2 is 1.88 bits per heavy atom. The molecule has 0 aliphatic carbocycles. The van der Waals surface area contributed by atoms with Gasteiger partial charge in [-0.25, -0.2) is 8.42 Å². The fourth-order valence-electron chi connectivity index (χ4n) is 5.08. The van der Waals surface area contributed by atoms with E-state index in [0.29, 0.717) is 25.4 Å². The Morgan fingerprint density at radius 1 is 1.17 bits per heavy atom. The van der Waals surface area contributed by atoms with Crippen LogP contribution in [0, 0.1) is 5.92 Å². The Balaban J connectivity index is 1.90. The summed E-state index contributed by atoms with van der Waals surface area (Å²) in [6.07, 6.45) is 3.28. The number of rotatable bonds is 9. The van der Waals surface area contributed by atoms with E-state index < -0.39 is 16.1 Å². The van der Waals surface area contributed by atoms with Gasteiger partial charge in [-0.2, -0.15) is 0 Å². The monoisotopic (exact) mass is 605 g/mol. The van der Waals surface area contributed by atoms with Crippen LogP contribution in [0.25, 0.3) is 0 Å². The summed E-state index contributed by atoms with van der Waals surface area (Å²) in [6, 6.07) is 12.2. The molecule has 3 rings (SSSR count). The summed E-state index contributed by atoms with van der Waals surface area (Å²) in [4.78, 5) is 17.9. The van der Waals surface area contributed by atoms with Gasteiger partial charge in [-0.05, 0) is 76.1 Å². The molecule has 0 bridgehead atoms. The summed E-state index contributed by atoms with van der Waals surface area (Å²) in [5.41, 5.74) is 1.67. The molecule has 1 amide bonds. The van der Waals surface area contributed by atoms with Crippen LogP contribution >= 0.6 is 0 Å². The number of hydrogen-bond acceptors (Lipinski definition) is 8. The molecule has 2 aromatic rings. The van der Waals surface area contributed by atoms with Crippen molar-refractivity contribution in [3.05, 3.63) is 53.6 Å². The highest BCUT2D eigenvalue weighted by atomic mass is 32.2. The van der Waals surface area contributed by atoms with E-state index in [2.05, 4.69) is 23.6 Å². The molecule has 0 spiro atoms. The predicted octanol–water partition coefficient (Wildman–Crippen LogP) is 3.99. The molecular weight excluding hydrogens is 558 g/mol. The number of amides is 1. The number of methoxy groups -OCH3 is 1. The number of likely N-dealkylation sites (N-methyl/N-ethyl adjacent to an activating group) is 1. The first kappa shape index (κ1) is 33.6. The van der Waals surface area contributed by atoms with E-state index in [-0.39, 0.29) is 41.9 Å². The smallest absolute Gasteiger partial charge is 0.258 e. The number of carbonyl (C=O) groups is 1. The normalized spacial score (nSPS) is 21.7. The third kappa shape index (κ3) is 10.1. The third-order valence-corrected chi connectivity index (χ3v) is 8.06. The number of fused-ring (bicyclic) bond motifs is 1. The molecule has 0 saturated heterocycles. The van der Waals surface area contributed by atoms with Gasteiger partial charge in [-0.15, -0.1) is 0 Å². The molecule has 0 fully saturated rings. The topological polar surface area (TPSA) is 118 Å². The number of ether oxygens (including phenoxy) is 3. The van der Waals surface area contributed by atoms with Gasteiger partial charge in [-0.1, -0.05) is 19.1 Å². The van der Waals surface area contributed by atoms with Gasteiger partial charge in [0.2, 0.25) is 10.0 Å². The first-order valence-corrected chi connectivity index (χ1v) is 16.4. The molecule has 234 valence electrons. The second kappa shape index (κ2) is 15.6. The maximum atomic E-state index is 14.1. The summed E-state index contributed by atoms with van der Waals surface area (Å²) in [5.74, 6) is 0.793. The molecule has 0 radical (unpaired) electrons. The van der Waals surface area contributed by atoms with Crippen molar-refractivity contribution in [1.29, 1.82) is 0 Å². The van der Waals surface area contributed by atoms with E-state index in [0.717, 1.165) is 43.4 Å². The Morgan fingerprint density at radius 3 is 2.52 bits per heavy atom. The van der Waals surface area contributed by atoms with Gasteiger partial charge in [-0.3, -0.25) is 14.4 Å². The molecular formula is C31H47N3O7S. The summed E-state index contributed by atoms with van der Waals surface area (Å²) in [5, 5.41) is 10.1. The molecule has 1 aliphatic heterocycles. The number of aliphatic hydroxyl groups excluding tert-OH is 1. The summed E-state index contributed by atoms with van der Waals surface area (Å²) in [6.45, 7) is 7.89. The Bertz CT molecular complexity index is 1260. The van der Waals surface area contributed by atoms with E-state index in [1.165, 1.54) is 6.07 Å². The lowest BCUT2D eigenvalue weighted by Gasteiger charge is -2.36. The van der Waals surface area contributed by atoms with Gasteiger partial charge in [0, 0.05) is 37.8 Å². The largest absolute Gasteiger partial charge is 0.497 e. The van der Waals surface area contributed by atoms with Gasteiger partial charge < -0.3 is 24.2 Å². The van der Waals surface area contributed by atoms with Crippen LogP contribution in [0.5, 0.6) is 11.5 Å². The average molecular weight is 606 g/mol. The molecule has 2 aromatic carbocycles. The Kier molecular flexibility index (Phi) is 12.5. The quantitative estimate of drug-likeness (QED) is 0.441. The number of sulfonamides is 1. The second-order valence-corrected chi connectivity index (χ2v) is 13.2. The molecule has 42 heavy (non-hydrogen) atoms. The zero-order valence-corrected chi connectivity index (χ0v) is 26.5. The molecule has 2 N–H and O–H groups in total. The minimum atomic E-state index is -3.55. The predicted molar refractivity (Wildman–Crippen MR) is 165 cm³/mol. The fourth-order valence-corrected chi connectivity index (χ4v) is 5.63. The molecule has 11 heteroatoms. The van der Waals surface area contributed by atoms with Crippen LogP contribution in [0.4, 0.5) is 5.69 Å². The van der Waals surface area contributed by atoms with Crippen LogP contribution in [-0.2, 0) is 21.3 Å².